The lowest BCUT2D eigenvalue weighted by Gasteiger charge is -2.32. The predicted molar refractivity (Wildman–Crippen MR) is 133 cm³/mol. The van der Waals surface area contributed by atoms with E-state index in [2.05, 4.69) is 22.2 Å². The number of rotatable bonds is 4. The summed E-state index contributed by atoms with van der Waals surface area (Å²) < 4.78 is 0. The molecule has 0 unspecified atom stereocenters. The first-order valence-corrected chi connectivity index (χ1v) is 11.3. The highest BCUT2D eigenvalue weighted by Crippen LogP contribution is 2.30. The van der Waals surface area contributed by atoms with Crippen molar-refractivity contribution in [3.63, 3.8) is 0 Å². The SMILES string of the molecule is CN1CCN(C(=O)c2ccc(Nc3nc(-c4ccccc4)c4cc(Cl)ccc4n3)cc2)CC1. The summed E-state index contributed by atoms with van der Waals surface area (Å²) in [5.41, 5.74) is 4.11. The minimum Gasteiger partial charge on any atom is -0.336 e. The van der Waals surface area contributed by atoms with Gasteiger partial charge in [0.2, 0.25) is 5.95 Å². The normalized spacial score (nSPS) is 14.4. The molecule has 6 nitrogen and oxygen atoms in total. The molecule has 1 saturated heterocycles. The van der Waals surface area contributed by atoms with E-state index in [1.807, 2.05) is 77.7 Å². The Morgan fingerprint density at radius 2 is 1.64 bits per heavy atom. The summed E-state index contributed by atoms with van der Waals surface area (Å²) >= 11 is 6.25. The van der Waals surface area contributed by atoms with Gasteiger partial charge in [0.15, 0.2) is 0 Å². The molecule has 1 aromatic heterocycles. The molecule has 4 aromatic rings. The van der Waals surface area contributed by atoms with Crippen molar-refractivity contribution >= 4 is 40.0 Å². The fourth-order valence-electron chi connectivity index (χ4n) is 3.99. The molecule has 166 valence electrons. The zero-order chi connectivity index (χ0) is 22.8. The molecule has 3 aromatic carbocycles. The molecule has 1 aliphatic heterocycles. The largest absolute Gasteiger partial charge is 0.336 e. The highest BCUT2D eigenvalue weighted by molar-refractivity contribution is 6.31. The van der Waals surface area contributed by atoms with Gasteiger partial charge in [-0.2, -0.15) is 0 Å². The highest BCUT2D eigenvalue weighted by atomic mass is 35.5. The third kappa shape index (κ3) is 4.67. The van der Waals surface area contributed by atoms with Crippen molar-refractivity contribution in [1.29, 1.82) is 0 Å². The number of halogens is 1. The van der Waals surface area contributed by atoms with Crippen molar-refractivity contribution in [3.05, 3.63) is 83.4 Å². The molecule has 0 radical (unpaired) electrons. The molecule has 1 amide bonds. The van der Waals surface area contributed by atoms with E-state index in [1.165, 1.54) is 0 Å². The average molecular weight is 458 g/mol. The molecule has 0 bridgehead atoms. The Labute approximate surface area is 197 Å². The van der Waals surface area contributed by atoms with Crippen LogP contribution in [0.2, 0.25) is 5.02 Å². The van der Waals surface area contributed by atoms with Gasteiger partial charge in [0, 0.05) is 53.4 Å². The summed E-state index contributed by atoms with van der Waals surface area (Å²) in [5.74, 6) is 0.557. The number of anilines is 2. The van der Waals surface area contributed by atoms with Gasteiger partial charge in [0.1, 0.15) is 0 Å². The Bertz CT molecular complexity index is 1290. The second-order valence-electron chi connectivity index (χ2n) is 8.22. The van der Waals surface area contributed by atoms with Gasteiger partial charge in [-0.3, -0.25) is 4.79 Å². The molecule has 2 heterocycles. The Hall–Kier alpha value is -3.48. The molecule has 33 heavy (non-hydrogen) atoms. The highest BCUT2D eigenvalue weighted by Gasteiger charge is 2.20. The fraction of sp³-hybridized carbons (Fsp3) is 0.192. The van der Waals surface area contributed by atoms with Crippen LogP contribution in [0.1, 0.15) is 10.4 Å². The van der Waals surface area contributed by atoms with Crippen LogP contribution in [0.3, 0.4) is 0 Å². The number of piperazine rings is 1. The van der Waals surface area contributed by atoms with Crippen LogP contribution in [0.25, 0.3) is 22.2 Å². The van der Waals surface area contributed by atoms with Gasteiger partial charge in [0.25, 0.3) is 5.91 Å². The predicted octanol–water partition coefficient (Wildman–Crippen LogP) is 5.08. The molecule has 0 aliphatic carbocycles. The summed E-state index contributed by atoms with van der Waals surface area (Å²) in [6.07, 6.45) is 0. The topological polar surface area (TPSA) is 61.4 Å². The second kappa shape index (κ2) is 9.17. The van der Waals surface area contributed by atoms with E-state index >= 15 is 0 Å². The fourth-order valence-corrected chi connectivity index (χ4v) is 4.16. The first-order valence-electron chi connectivity index (χ1n) is 10.9. The number of hydrogen-bond donors (Lipinski definition) is 1. The van der Waals surface area contributed by atoms with Crippen molar-refractivity contribution in [1.82, 2.24) is 19.8 Å². The van der Waals surface area contributed by atoms with Crippen LogP contribution in [-0.2, 0) is 0 Å². The Morgan fingerprint density at radius 1 is 0.909 bits per heavy atom. The summed E-state index contributed by atoms with van der Waals surface area (Å²) in [7, 11) is 2.08. The monoisotopic (exact) mass is 457 g/mol. The van der Waals surface area contributed by atoms with E-state index in [4.69, 9.17) is 16.6 Å². The minimum atomic E-state index is 0.0693. The third-order valence-electron chi connectivity index (χ3n) is 5.88. The van der Waals surface area contributed by atoms with Crippen LogP contribution < -0.4 is 5.32 Å². The summed E-state index contributed by atoms with van der Waals surface area (Å²) in [6, 6.07) is 23.1. The van der Waals surface area contributed by atoms with Crippen molar-refractivity contribution in [2.45, 2.75) is 0 Å². The number of amides is 1. The molecule has 1 N–H and O–H groups in total. The van der Waals surface area contributed by atoms with Crippen LogP contribution in [0, 0.1) is 0 Å². The van der Waals surface area contributed by atoms with Crippen molar-refractivity contribution < 1.29 is 4.79 Å². The molecule has 1 aliphatic rings. The number of carbonyl (C=O) groups is 1. The zero-order valence-corrected chi connectivity index (χ0v) is 19.1. The van der Waals surface area contributed by atoms with Gasteiger partial charge in [0.05, 0.1) is 11.2 Å². The van der Waals surface area contributed by atoms with Gasteiger partial charge in [-0.1, -0.05) is 41.9 Å². The number of carbonyl (C=O) groups excluding carboxylic acids is 1. The zero-order valence-electron chi connectivity index (χ0n) is 18.3. The summed E-state index contributed by atoms with van der Waals surface area (Å²) in [5, 5.41) is 4.82. The standard InChI is InChI=1S/C26H24ClN5O/c1-31-13-15-32(16-14-31)25(33)19-7-10-21(11-8-19)28-26-29-23-12-9-20(27)17-22(23)24(30-26)18-5-3-2-4-6-18/h2-12,17H,13-16H2,1H3,(H,28,29,30). The molecule has 0 atom stereocenters. The maximum atomic E-state index is 12.8. The van der Waals surface area contributed by atoms with Gasteiger partial charge in [-0.05, 0) is 49.5 Å². The van der Waals surface area contributed by atoms with Crippen LogP contribution in [0.4, 0.5) is 11.6 Å². The number of benzene rings is 3. The number of nitrogens with zero attached hydrogens (tertiary/aromatic N) is 4. The molecular weight excluding hydrogens is 434 g/mol. The van der Waals surface area contributed by atoms with E-state index in [1.54, 1.807) is 0 Å². The Morgan fingerprint density at radius 3 is 2.36 bits per heavy atom. The van der Waals surface area contributed by atoms with Crippen LogP contribution >= 0.6 is 11.6 Å². The first kappa shape index (κ1) is 21.4. The molecule has 5 rings (SSSR count). The number of likely N-dealkylation sites (N-methyl/N-ethyl adjacent to an activating group) is 1. The van der Waals surface area contributed by atoms with Crippen LogP contribution in [-0.4, -0.2) is 58.9 Å². The number of fused-ring (bicyclic) bond motifs is 1. The van der Waals surface area contributed by atoms with Crippen molar-refractivity contribution in [2.75, 3.05) is 38.5 Å². The second-order valence-corrected chi connectivity index (χ2v) is 8.66. The molecule has 0 saturated carbocycles. The number of aromatic nitrogens is 2. The number of hydrogen-bond acceptors (Lipinski definition) is 5. The van der Waals surface area contributed by atoms with E-state index in [0.29, 0.717) is 16.5 Å². The Balaban J connectivity index is 1.41. The van der Waals surface area contributed by atoms with Crippen molar-refractivity contribution in [2.24, 2.45) is 0 Å². The average Bonchev–Trinajstić information content (AvgIpc) is 2.85. The maximum Gasteiger partial charge on any atom is 0.253 e. The lowest BCUT2D eigenvalue weighted by Crippen LogP contribution is -2.47. The van der Waals surface area contributed by atoms with E-state index in [9.17, 15) is 4.79 Å². The van der Waals surface area contributed by atoms with Gasteiger partial charge in [-0.25, -0.2) is 9.97 Å². The van der Waals surface area contributed by atoms with E-state index in [0.717, 1.165) is 54.0 Å². The molecule has 1 fully saturated rings. The lowest BCUT2D eigenvalue weighted by atomic mass is 10.1. The van der Waals surface area contributed by atoms with Crippen LogP contribution in [0.5, 0.6) is 0 Å². The van der Waals surface area contributed by atoms with Gasteiger partial charge < -0.3 is 15.1 Å². The first-order chi connectivity index (χ1) is 16.1. The van der Waals surface area contributed by atoms with Gasteiger partial charge >= 0.3 is 0 Å². The smallest absolute Gasteiger partial charge is 0.253 e. The van der Waals surface area contributed by atoms with Gasteiger partial charge in [-0.15, -0.1) is 0 Å². The Kier molecular flexibility index (Phi) is 5.94. The molecule has 7 heteroatoms. The maximum absolute atomic E-state index is 12.8. The lowest BCUT2D eigenvalue weighted by molar-refractivity contribution is 0.0664. The molecule has 0 spiro atoms. The van der Waals surface area contributed by atoms with E-state index in [-0.39, 0.29) is 5.91 Å². The minimum absolute atomic E-state index is 0.0693. The summed E-state index contributed by atoms with van der Waals surface area (Å²) in [6.45, 7) is 3.32. The molecular formula is C26H24ClN5O. The quantitative estimate of drug-likeness (QED) is 0.463. The van der Waals surface area contributed by atoms with Crippen molar-refractivity contribution in [3.8, 4) is 11.3 Å². The van der Waals surface area contributed by atoms with Crippen LogP contribution in [0.15, 0.2) is 72.8 Å². The van der Waals surface area contributed by atoms with E-state index < -0.39 is 0 Å². The number of nitrogens with one attached hydrogen (secondary N) is 1. The third-order valence-corrected chi connectivity index (χ3v) is 6.12. The summed E-state index contributed by atoms with van der Waals surface area (Å²) in [4.78, 5) is 26.4.